The number of rotatable bonds is 8. The summed E-state index contributed by atoms with van der Waals surface area (Å²) in [6.45, 7) is 7.55. The molecule has 0 amide bonds. The monoisotopic (exact) mass is 381 g/mol. The quantitative estimate of drug-likeness (QED) is 0.460. The normalized spacial score (nSPS) is 12.7. The summed E-state index contributed by atoms with van der Waals surface area (Å²) < 4.78 is 2.06. The molecule has 2 aromatic heterocycles. The Bertz CT molecular complexity index is 807. The molecule has 0 bridgehead atoms. The first kappa shape index (κ1) is 19.2. The van der Waals surface area contributed by atoms with Crippen molar-refractivity contribution in [3.63, 3.8) is 0 Å². The van der Waals surface area contributed by atoms with Gasteiger partial charge < -0.3 is 15.2 Å². The molecule has 6 heteroatoms. The summed E-state index contributed by atoms with van der Waals surface area (Å²) >= 11 is 1.80. The maximum atomic E-state index is 4.73. The molecule has 0 aliphatic heterocycles. The molecule has 0 saturated heterocycles. The Labute approximate surface area is 165 Å². The second-order valence-corrected chi connectivity index (χ2v) is 7.52. The smallest absolute Gasteiger partial charge is 0.191 e. The number of imidazole rings is 1. The zero-order chi connectivity index (χ0) is 18.9. The number of thiophene rings is 1. The van der Waals surface area contributed by atoms with E-state index in [1.165, 1.54) is 16.0 Å². The first-order valence-corrected chi connectivity index (χ1v) is 10.2. The van der Waals surface area contributed by atoms with Crippen LogP contribution in [-0.4, -0.2) is 28.6 Å². The van der Waals surface area contributed by atoms with Crippen molar-refractivity contribution in [1.82, 2.24) is 20.2 Å². The Balaban J connectivity index is 1.54. The predicted molar refractivity (Wildman–Crippen MR) is 113 cm³/mol. The van der Waals surface area contributed by atoms with E-state index in [0.717, 1.165) is 25.6 Å². The van der Waals surface area contributed by atoms with Gasteiger partial charge in [0.1, 0.15) is 0 Å². The van der Waals surface area contributed by atoms with Gasteiger partial charge in [-0.2, -0.15) is 0 Å². The van der Waals surface area contributed by atoms with Crippen molar-refractivity contribution in [2.75, 3.05) is 13.1 Å². The number of guanidine groups is 1. The lowest BCUT2D eigenvalue weighted by atomic mass is 10.1. The summed E-state index contributed by atoms with van der Waals surface area (Å²) in [5.41, 5.74) is 2.46. The number of nitrogens with zero attached hydrogens (tertiary/aromatic N) is 3. The van der Waals surface area contributed by atoms with Crippen LogP contribution in [0.3, 0.4) is 0 Å². The van der Waals surface area contributed by atoms with Gasteiger partial charge >= 0.3 is 0 Å². The maximum Gasteiger partial charge on any atom is 0.191 e. The maximum absolute atomic E-state index is 4.73. The number of aliphatic imine (C=N–C) groups is 1. The second kappa shape index (κ2) is 9.92. The van der Waals surface area contributed by atoms with Crippen LogP contribution in [0.25, 0.3) is 0 Å². The number of benzene rings is 1. The topological polar surface area (TPSA) is 54.2 Å². The number of aromatic nitrogens is 2. The molecule has 1 atom stereocenters. The zero-order valence-electron chi connectivity index (χ0n) is 15.9. The van der Waals surface area contributed by atoms with Gasteiger partial charge in [0.15, 0.2) is 5.96 Å². The molecular weight excluding hydrogens is 354 g/mol. The first-order chi connectivity index (χ1) is 13.2. The van der Waals surface area contributed by atoms with E-state index in [1.807, 2.05) is 12.5 Å². The van der Waals surface area contributed by atoms with E-state index >= 15 is 0 Å². The van der Waals surface area contributed by atoms with Gasteiger partial charge in [-0.3, -0.25) is 0 Å². The van der Waals surface area contributed by atoms with Crippen molar-refractivity contribution in [3.8, 4) is 0 Å². The molecule has 1 unspecified atom stereocenters. The largest absolute Gasteiger partial charge is 0.357 e. The molecule has 1 aromatic carbocycles. The SMILES string of the molecule is CCNC(=NCc1ccc(Cn2ccnc2)cc1)NCC(C)c1cccs1. The van der Waals surface area contributed by atoms with Crippen molar-refractivity contribution in [2.45, 2.75) is 32.9 Å². The predicted octanol–water partition coefficient (Wildman–Crippen LogP) is 3.85. The van der Waals surface area contributed by atoms with Crippen molar-refractivity contribution < 1.29 is 0 Å². The van der Waals surface area contributed by atoms with E-state index < -0.39 is 0 Å². The summed E-state index contributed by atoms with van der Waals surface area (Å²) in [6.07, 6.45) is 5.62. The highest BCUT2D eigenvalue weighted by Gasteiger charge is 2.07. The van der Waals surface area contributed by atoms with Crippen LogP contribution in [-0.2, 0) is 13.1 Å². The average Bonchev–Trinajstić information content (AvgIpc) is 3.39. The van der Waals surface area contributed by atoms with Crippen LogP contribution in [0.15, 0.2) is 65.5 Å². The van der Waals surface area contributed by atoms with Crippen molar-refractivity contribution in [1.29, 1.82) is 0 Å². The summed E-state index contributed by atoms with van der Waals surface area (Å²) in [4.78, 5) is 10.2. The number of nitrogens with one attached hydrogen (secondary N) is 2. The Morgan fingerprint density at radius 3 is 2.67 bits per heavy atom. The Kier molecular flexibility index (Phi) is 7.04. The fourth-order valence-electron chi connectivity index (χ4n) is 2.78. The minimum absolute atomic E-state index is 0.469. The summed E-state index contributed by atoms with van der Waals surface area (Å²) in [5.74, 6) is 1.33. The van der Waals surface area contributed by atoms with Crippen molar-refractivity contribution >= 4 is 17.3 Å². The van der Waals surface area contributed by atoms with E-state index in [1.54, 1.807) is 17.5 Å². The second-order valence-electron chi connectivity index (χ2n) is 6.54. The fraction of sp³-hybridized carbons (Fsp3) is 0.333. The first-order valence-electron chi connectivity index (χ1n) is 9.33. The highest BCUT2D eigenvalue weighted by molar-refractivity contribution is 7.10. The van der Waals surface area contributed by atoms with Gasteiger partial charge in [0.05, 0.1) is 12.9 Å². The average molecular weight is 382 g/mol. The minimum atomic E-state index is 0.469. The third kappa shape index (κ3) is 5.96. The molecule has 0 saturated carbocycles. The van der Waals surface area contributed by atoms with E-state index in [9.17, 15) is 0 Å². The molecule has 5 nitrogen and oxygen atoms in total. The molecule has 0 fully saturated rings. The summed E-state index contributed by atoms with van der Waals surface area (Å²) in [6, 6.07) is 12.9. The Morgan fingerprint density at radius 1 is 1.19 bits per heavy atom. The van der Waals surface area contributed by atoms with Crippen LogP contribution >= 0.6 is 11.3 Å². The molecule has 0 radical (unpaired) electrons. The molecule has 2 heterocycles. The van der Waals surface area contributed by atoms with Gasteiger partial charge in [-0.1, -0.05) is 37.3 Å². The zero-order valence-corrected chi connectivity index (χ0v) is 16.7. The van der Waals surface area contributed by atoms with Crippen LogP contribution in [0.5, 0.6) is 0 Å². The number of hydrogen-bond donors (Lipinski definition) is 2. The van der Waals surface area contributed by atoms with E-state index in [-0.39, 0.29) is 0 Å². The van der Waals surface area contributed by atoms with Gasteiger partial charge in [-0.15, -0.1) is 11.3 Å². The van der Waals surface area contributed by atoms with Gasteiger partial charge in [-0.05, 0) is 29.5 Å². The van der Waals surface area contributed by atoms with Crippen LogP contribution in [0.2, 0.25) is 0 Å². The van der Waals surface area contributed by atoms with Crippen LogP contribution in [0, 0.1) is 0 Å². The lowest BCUT2D eigenvalue weighted by Gasteiger charge is -2.15. The van der Waals surface area contributed by atoms with Crippen LogP contribution in [0.1, 0.15) is 35.8 Å². The van der Waals surface area contributed by atoms with E-state index in [2.05, 4.69) is 75.8 Å². The third-order valence-corrected chi connectivity index (χ3v) is 5.42. The van der Waals surface area contributed by atoms with Crippen molar-refractivity contribution in [3.05, 3.63) is 76.5 Å². The van der Waals surface area contributed by atoms with Gasteiger partial charge in [0, 0.05) is 42.8 Å². The molecule has 0 aliphatic carbocycles. The minimum Gasteiger partial charge on any atom is -0.357 e. The molecule has 3 rings (SSSR count). The van der Waals surface area contributed by atoms with Gasteiger partial charge in [0.25, 0.3) is 0 Å². The van der Waals surface area contributed by atoms with Gasteiger partial charge in [0.2, 0.25) is 0 Å². The van der Waals surface area contributed by atoms with E-state index in [0.29, 0.717) is 12.5 Å². The molecule has 3 aromatic rings. The van der Waals surface area contributed by atoms with Crippen LogP contribution < -0.4 is 10.6 Å². The molecule has 27 heavy (non-hydrogen) atoms. The Hall–Kier alpha value is -2.60. The standard InChI is InChI=1S/C21H27N5S/c1-3-23-21(24-13-17(2)20-5-4-12-27-20)25-14-18-6-8-19(9-7-18)15-26-11-10-22-16-26/h4-12,16-17H,3,13-15H2,1-2H3,(H2,23,24,25). The third-order valence-electron chi connectivity index (χ3n) is 4.32. The van der Waals surface area contributed by atoms with E-state index in [4.69, 9.17) is 4.99 Å². The lowest BCUT2D eigenvalue weighted by Crippen LogP contribution is -2.39. The molecule has 142 valence electrons. The molecule has 2 N–H and O–H groups in total. The number of hydrogen-bond acceptors (Lipinski definition) is 3. The lowest BCUT2D eigenvalue weighted by molar-refractivity contribution is 0.709. The van der Waals surface area contributed by atoms with Crippen LogP contribution in [0.4, 0.5) is 0 Å². The van der Waals surface area contributed by atoms with Gasteiger partial charge in [-0.25, -0.2) is 9.98 Å². The molecule has 0 spiro atoms. The van der Waals surface area contributed by atoms with Crippen molar-refractivity contribution in [2.24, 2.45) is 4.99 Å². The molecular formula is C21H27N5S. The highest BCUT2D eigenvalue weighted by Crippen LogP contribution is 2.19. The highest BCUT2D eigenvalue weighted by atomic mass is 32.1. The Morgan fingerprint density at radius 2 is 2.00 bits per heavy atom. The molecule has 0 aliphatic rings. The summed E-state index contributed by atoms with van der Waals surface area (Å²) in [7, 11) is 0. The fourth-order valence-corrected chi connectivity index (χ4v) is 3.56. The summed E-state index contributed by atoms with van der Waals surface area (Å²) in [5, 5.41) is 8.91.